The third-order valence-electron chi connectivity index (χ3n) is 3.42. The van der Waals surface area contributed by atoms with Gasteiger partial charge in [0.2, 0.25) is 0 Å². The standard InChI is InChI=1S/C16H28O4/c1-6-11(4)15(19)14(16(20)12(5)17)13(18)9-7-8-10(2)3/h10-12,17,20H,6-9H2,1-5H3/b16-14-. The van der Waals surface area contributed by atoms with Crippen LogP contribution in [0, 0.1) is 11.8 Å². The number of hydrogen-bond acceptors (Lipinski definition) is 4. The number of ketones is 2. The number of carbonyl (C=O) groups excluding carboxylic acids is 2. The molecule has 0 aromatic heterocycles. The van der Waals surface area contributed by atoms with Crippen molar-refractivity contribution in [1.29, 1.82) is 0 Å². The molecule has 0 aromatic carbocycles. The smallest absolute Gasteiger partial charge is 0.172 e. The first-order chi connectivity index (χ1) is 9.22. The van der Waals surface area contributed by atoms with Crippen LogP contribution in [-0.4, -0.2) is 27.9 Å². The van der Waals surface area contributed by atoms with Crippen LogP contribution >= 0.6 is 0 Å². The van der Waals surface area contributed by atoms with E-state index >= 15 is 0 Å². The van der Waals surface area contributed by atoms with E-state index in [4.69, 9.17) is 0 Å². The molecule has 0 fully saturated rings. The molecule has 0 aromatic rings. The minimum Gasteiger partial charge on any atom is -0.509 e. The predicted molar refractivity (Wildman–Crippen MR) is 79.5 cm³/mol. The zero-order valence-electron chi connectivity index (χ0n) is 13.3. The second kappa shape index (κ2) is 8.90. The highest BCUT2D eigenvalue weighted by atomic mass is 16.3. The molecule has 0 saturated heterocycles. The normalized spacial score (nSPS) is 15.8. The van der Waals surface area contributed by atoms with Gasteiger partial charge in [-0.2, -0.15) is 0 Å². The maximum Gasteiger partial charge on any atom is 0.172 e. The van der Waals surface area contributed by atoms with E-state index in [-0.39, 0.29) is 29.5 Å². The first kappa shape index (κ1) is 18.8. The van der Waals surface area contributed by atoms with Crippen molar-refractivity contribution in [3.8, 4) is 0 Å². The van der Waals surface area contributed by atoms with Gasteiger partial charge in [-0.25, -0.2) is 0 Å². The van der Waals surface area contributed by atoms with Gasteiger partial charge in [0.15, 0.2) is 11.6 Å². The predicted octanol–water partition coefficient (Wildman–Crippen LogP) is 3.19. The van der Waals surface area contributed by atoms with Gasteiger partial charge in [0, 0.05) is 12.3 Å². The van der Waals surface area contributed by atoms with Gasteiger partial charge in [-0.3, -0.25) is 9.59 Å². The Labute approximate surface area is 121 Å². The van der Waals surface area contributed by atoms with Crippen molar-refractivity contribution in [3.05, 3.63) is 11.3 Å². The lowest BCUT2D eigenvalue weighted by atomic mass is 9.90. The SMILES string of the molecule is CCC(C)C(=O)/C(C(=O)CCCC(C)C)=C(\O)C(C)O. The molecule has 0 saturated carbocycles. The van der Waals surface area contributed by atoms with Crippen LogP contribution in [0.5, 0.6) is 0 Å². The van der Waals surface area contributed by atoms with E-state index in [0.717, 1.165) is 6.42 Å². The van der Waals surface area contributed by atoms with E-state index < -0.39 is 11.9 Å². The molecule has 0 heterocycles. The molecule has 0 spiro atoms. The minimum atomic E-state index is -1.20. The van der Waals surface area contributed by atoms with Gasteiger partial charge in [-0.05, 0) is 25.7 Å². The van der Waals surface area contributed by atoms with E-state index in [1.807, 2.05) is 6.92 Å². The molecule has 0 radical (unpaired) electrons. The van der Waals surface area contributed by atoms with Crippen LogP contribution in [-0.2, 0) is 9.59 Å². The zero-order valence-corrected chi connectivity index (χ0v) is 13.3. The molecule has 116 valence electrons. The first-order valence-corrected chi connectivity index (χ1v) is 7.40. The average Bonchev–Trinajstić information content (AvgIpc) is 2.37. The van der Waals surface area contributed by atoms with Crippen LogP contribution < -0.4 is 0 Å². The van der Waals surface area contributed by atoms with Crippen LogP contribution in [0.15, 0.2) is 11.3 Å². The largest absolute Gasteiger partial charge is 0.509 e. The molecular formula is C16H28O4. The van der Waals surface area contributed by atoms with Gasteiger partial charge >= 0.3 is 0 Å². The first-order valence-electron chi connectivity index (χ1n) is 7.40. The number of allylic oxidation sites excluding steroid dienone is 1. The minimum absolute atomic E-state index is 0.210. The molecule has 4 nitrogen and oxygen atoms in total. The summed E-state index contributed by atoms with van der Waals surface area (Å²) in [5.74, 6) is -1.08. The topological polar surface area (TPSA) is 74.6 Å². The van der Waals surface area contributed by atoms with Crippen LogP contribution in [0.25, 0.3) is 0 Å². The molecule has 2 N–H and O–H groups in total. The summed E-state index contributed by atoms with van der Waals surface area (Å²) in [6.07, 6.45) is 1.20. The van der Waals surface area contributed by atoms with Crippen LogP contribution in [0.3, 0.4) is 0 Å². The molecule has 0 aliphatic rings. The van der Waals surface area contributed by atoms with E-state index in [0.29, 0.717) is 18.8 Å². The van der Waals surface area contributed by atoms with Gasteiger partial charge in [-0.15, -0.1) is 0 Å². The molecule has 0 bridgehead atoms. The summed E-state index contributed by atoms with van der Waals surface area (Å²) in [5, 5.41) is 19.3. The Bertz CT molecular complexity index is 367. The van der Waals surface area contributed by atoms with Crippen LogP contribution in [0.4, 0.5) is 0 Å². The summed E-state index contributed by atoms with van der Waals surface area (Å²) in [6, 6.07) is 0. The lowest BCUT2D eigenvalue weighted by Gasteiger charge is -2.14. The summed E-state index contributed by atoms with van der Waals surface area (Å²) in [5.41, 5.74) is -0.210. The van der Waals surface area contributed by atoms with Gasteiger partial charge in [0.05, 0.1) is 0 Å². The Balaban J connectivity index is 5.10. The molecule has 2 atom stereocenters. The lowest BCUT2D eigenvalue weighted by molar-refractivity contribution is -0.124. The Hall–Kier alpha value is -1.16. The highest BCUT2D eigenvalue weighted by Gasteiger charge is 2.27. The van der Waals surface area contributed by atoms with Gasteiger partial charge in [0.1, 0.15) is 17.4 Å². The molecule has 0 aliphatic carbocycles. The van der Waals surface area contributed by atoms with Gasteiger partial charge in [-0.1, -0.05) is 34.1 Å². The van der Waals surface area contributed by atoms with Crippen molar-refractivity contribution in [1.82, 2.24) is 0 Å². The molecule has 4 heteroatoms. The second-order valence-corrected chi connectivity index (χ2v) is 5.82. The third kappa shape index (κ3) is 5.87. The summed E-state index contributed by atoms with van der Waals surface area (Å²) < 4.78 is 0. The summed E-state index contributed by atoms with van der Waals surface area (Å²) in [4.78, 5) is 24.4. The highest BCUT2D eigenvalue weighted by Crippen LogP contribution is 2.19. The molecule has 0 amide bonds. The molecular weight excluding hydrogens is 256 g/mol. The fourth-order valence-corrected chi connectivity index (χ4v) is 1.84. The van der Waals surface area contributed by atoms with Crippen molar-refractivity contribution in [2.24, 2.45) is 11.8 Å². The average molecular weight is 284 g/mol. The lowest BCUT2D eigenvalue weighted by Crippen LogP contribution is -2.24. The van der Waals surface area contributed by atoms with E-state index in [1.54, 1.807) is 6.92 Å². The summed E-state index contributed by atoms with van der Waals surface area (Å²) in [7, 11) is 0. The van der Waals surface area contributed by atoms with Crippen molar-refractivity contribution >= 4 is 11.6 Å². The second-order valence-electron chi connectivity index (χ2n) is 5.82. The quantitative estimate of drug-likeness (QED) is 0.295. The number of aliphatic hydroxyl groups excluding tert-OH is 2. The van der Waals surface area contributed by atoms with E-state index in [1.165, 1.54) is 6.92 Å². The fourth-order valence-electron chi connectivity index (χ4n) is 1.84. The number of hydrogen-bond donors (Lipinski definition) is 2. The molecule has 2 unspecified atom stereocenters. The number of rotatable bonds is 9. The third-order valence-corrected chi connectivity index (χ3v) is 3.42. The summed E-state index contributed by atoms with van der Waals surface area (Å²) >= 11 is 0. The van der Waals surface area contributed by atoms with Crippen LogP contribution in [0.1, 0.15) is 60.3 Å². The molecule has 0 rings (SSSR count). The molecule has 20 heavy (non-hydrogen) atoms. The Kier molecular flexibility index (Phi) is 8.39. The van der Waals surface area contributed by atoms with Gasteiger partial charge in [0.25, 0.3) is 0 Å². The van der Waals surface area contributed by atoms with Crippen LogP contribution in [0.2, 0.25) is 0 Å². The molecule has 0 aliphatic heterocycles. The highest BCUT2D eigenvalue weighted by molar-refractivity contribution is 6.21. The van der Waals surface area contributed by atoms with Crippen molar-refractivity contribution in [2.75, 3.05) is 0 Å². The Morgan fingerprint density at radius 1 is 1.10 bits per heavy atom. The number of carbonyl (C=O) groups is 2. The van der Waals surface area contributed by atoms with E-state index in [9.17, 15) is 19.8 Å². The van der Waals surface area contributed by atoms with Crippen molar-refractivity contribution in [3.63, 3.8) is 0 Å². The Morgan fingerprint density at radius 3 is 2.05 bits per heavy atom. The van der Waals surface area contributed by atoms with Crippen molar-refractivity contribution in [2.45, 2.75) is 66.4 Å². The van der Waals surface area contributed by atoms with Gasteiger partial charge < -0.3 is 10.2 Å². The fraction of sp³-hybridized carbons (Fsp3) is 0.750. The Morgan fingerprint density at radius 2 is 1.65 bits per heavy atom. The number of aliphatic hydroxyl groups is 2. The maximum absolute atomic E-state index is 12.2. The number of Topliss-reactive ketones (excluding diaryl/α,β-unsaturated/α-hetero) is 2. The maximum atomic E-state index is 12.2. The van der Waals surface area contributed by atoms with Crippen molar-refractivity contribution < 1.29 is 19.8 Å². The zero-order chi connectivity index (χ0) is 15.9. The van der Waals surface area contributed by atoms with E-state index in [2.05, 4.69) is 13.8 Å². The monoisotopic (exact) mass is 284 g/mol. The summed E-state index contributed by atoms with van der Waals surface area (Å²) in [6.45, 7) is 9.06.